The lowest BCUT2D eigenvalue weighted by molar-refractivity contribution is -0.198. The third-order valence-corrected chi connectivity index (χ3v) is 5.44. The van der Waals surface area contributed by atoms with Crippen molar-refractivity contribution in [2.75, 3.05) is 0 Å². The molecule has 0 saturated carbocycles. The minimum Gasteiger partial charge on any atom is -0.477 e. The zero-order valence-corrected chi connectivity index (χ0v) is 18.4. The van der Waals surface area contributed by atoms with Crippen LogP contribution in [0.4, 0.5) is 17.6 Å². The van der Waals surface area contributed by atoms with Gasteiger partial charge in [0, 0.05) is 22.9 Å². The van der Waals surface area contributed by atoms with Gasteiger partial charge in [0.1, 0.15) is 17.3 Å². The second kappa shape index (κ2) is 9.58. The fraction of sp³-hybridized carbons (Fsp3) is 0.111. The van der Waals surface area contributed by atoms with Crippen LogP contribution >= 0.6 is 0 Å². The molecule has 1 heterocycles. The molecular formula is C27H19F4NO3. The smallest absolute Gasteiger partial charge is 0.429 e. The van der Waals surface area contributed by atoms with Crippen LogP contribution in [-0.4, -0.2) is 22.2 Å². The van der Waals surface area contributed by atoms with Crippen LogP contribution in [0.25, 0.3) is 22.3 Å². The van der Waals surface area contributed by atoms with Crippen LogP contribution < -0.4 is 4.74 Å². The molecule has 0 radical (unpaired) electrons. The Kier molecular flexibility index (Phi) is 6.55. The molecule has 0 spiro atoms. The van der Waals surface area contributed by atoms with E-state index in [1.165, 1.54) is 60.8 Å². The lowest BCUT2D eigenvalue weighted by Gasteiger charge is -2.23. The predicted octanol–water partition coefficient (Wildman–Crippen LogP) is 7.24. The quantitative estimate of drug-likeness (QED) is 0.295. The summed E-state index contributed by atoms with van der Waals surface area (Å²) >= 11 is 0. The standard InChI is InChI=1S/C27H19F4NO3/c1-16-14-18(8-12-21(16)19-9-13-24(26(33)34)32-15-19)25(27(29,30)31)35-20-10-6-17(7-11-20)22-4-2-3-5-23(22)28/h2-15,25H,1H3,(H,33,34). The normalized spacial score (nSPS) is 12.3. The lowest BCUT2D eigenvalue weighted by Crippen LogP contribution is -2.26. The summed E-state index contributed by atoms with van der Waals surface area (Å²) in [6.45, 7) is 1.65. The molecule has 0 bridgehead atoms. The summed E-state index contributed by atoms with van der Waals surface area (Å²) in [5, 5.41) is 8.98. The Hall–Kier alpha value is -4.20. The van der Waals surface area contributed by atoms with Crippen molar-refractivity contribution in [3.63, 3.8) is 0 Å². The van der Waals surface area contributed by atoms with E-state index in [9.17, 15) is 22.4 Å². The first-order valence-corrected chi connectivity index (χ1v) is 10.5. The van der Waals surface area contributed by atoms with Crippen molar-refractivity contribution in [1.29, 1.82) is 0 Å². The first-order valence-electron chi connectivity index (χ1n) is 10.5. The van der Waals surface area contributed by atoms with Crippen LogP contribution in [0.2, 0.25) is 0 Å². The molecule has 0 aliphatic heterocycles. The summed E-state index contributed by atoms with van der Waals surface area (Å²) in [6, 6.07) is 19.0. The molecular weight excluding hydrogens is 462 g/mol. The van der Waals surface area contributed by atoms with Crippen molar-refractivity contribution in [3.8, 4) is 28.0 Å². The van der Waals surface area contributed by atoms with Gasteiger partial charge in [-0.15, -0.1) is 0 Å². The van der Waals surface area contributed by atoms with E-state index < -0.39 is 24.1 Å². The van der Waals surface area contributed by atoms with Crippen molar-refractivity contribution >= 4 is 5.97 Å². The third-order valence-electron chi connectivity index (χ3n) is 5.44. The fourth-order valence-corrected chi connectivity index (χ4v) is 3.72. The van der Waals surface area contributed by atoms with Gasteiger partial charge in [-0.3, -0.25) is 0 Å². The van der Waals surface area contributed by atoms with E-state index in [-0.39, 0.29) is 17.0 Å². The highest BCUT2D eigenvalue weighted by Gasteiger charge is 2.43. The maximum absolute atomic E-state index is 14.0. The summed E-state index contributed by atoms with van der Waals surface area (Å²) in [7, 11) is 0. The van der Waals surface area contributed by atoms with Gasteiger partial charge in [0.05, 0.1) is 0 Å². The zero-order valence-electron chi connectivity index (χ0n) is 18.4. The number of aromatic nitrogens is 1. The number of pyridine rings is 1. The van der Waals surface area contributed by atoms with Crippen LogP contribution in [0.1, 0.15) is 27.7 Å². The number of carboxylic acid groups (broad SMARTS) is 1. The van der Waals surface area contributed by atoms with Gasteiger partial charge in [-0.05, 0) is 47.9 Å². The van der Waals surface area contributed by atoms with Gasteiger partial charge in [0.25, 0.3) is 0 Å². The van der Waals surface area contributed by atoms with E-state index in [0.29, 0.717) is 27.8 Å². The van der Waals surface area contributed by atoms with E-state index in [1.807, 2.05) is 0 Å². The van der Waals surface area contributed by atoms with Crippen LogP contribution in [0.15, 0.2) is 85.1 Å². The molecule has 3 aromatic carbocycles. The van der Waals surface area contributed by atoms with E-state index in [0.717, 1.165) is 0 Å². The molecule has 1 atom stereocenters. The maximum atomic E-state index is 14.0. The highest BCUT2D eigenvalue weighted by atomic mass is 19.4. The molecule has 178 valence electrons. The summed E-state index contributed by atoms with van der Waals surface area (Å²) < 4.78 is 61.1. The molecule has 1 aromatic heterocycles. The highest BCUT2D eigenvalue weighted by molar-refractivity contribution is 5.85. The summed E-state index contributed by atoms with van der Waals surface area (Å²) in [4.78, 5) is 14.8. The molecule has 0 fully saturated rings. The number of hydrogen-bond donors (Lipinski definition) is 1. The van der Waals surface area contributed by atoms with E-state index >= 15 is 0 Å². The molecule has 1 N–H and O–H groups in total. The van der Waals surface area contributed by atoms with Crippen LogP contribution in [0.3, 0.4) is 0 Å². The third kappa shape index (κ3) is 5.32. The zero-order chi connectivity index (χ0) is 25.2. The Morgan fingerprint density at radius 1 is 0.914 bits per heavy atom. The van der Waals surface area contributed by atoms with Crippen LogP contribution in [0, 0.1) is 12.7 Å². The molecule has 4 aromatic rings. The molecule has 0 saturated heterocycles. The molecule has 8 heteroatoms. The second-order valence-corrected chi connectivity index (χ2v) is 7.86. The topological polar surface area (TPSA) is 59.4 Å². The van der Waals surface area contributed by atoms with E-state index in [2.05, 4.69) is 4.98 Å². The number of aryl methyl sites for hydroxylation is 1. The minimum absolute atomic E-state index is 0.0115. The van der Waals surface area contributed by atoms with Gasteiger partial charge in [0.15, 0.2) is 0 Å². The average molecular weight is 481 g/mol. The molecule has 1 unspecified atom stereocenters. The SMILES string of the molecule is Cc1cc(C(Oc2ccc(-c3ccccc3F)cc2)C(F)(F)F)ccc1-c1ccc(C(=O)O)nc1. The Bertz CT molecular complexity index is 1350. The molecule has 4 nitrogen and oxygen atoms in total. The fourth-order valence-electron chi connectivity index (χ4n) is 3.72. The predicted molar refractivity (Wildman–Crippen MR) is 123 cm³/mol. The van der Waals surface area contributed by atoms with Gasteiger partial charge in [-0.1, -0.05) is 54.6 Å². The Labute approximate surface area is 198 Å². The Morgan fingerprint density at radius 2 is 1.60 bits per heavy atom. The van der Waals surface area contributed by atoms with Crippen molar-refractivity contribution in [2.24, 2.45) is 0 Å². The number of carbonyl (C=O) groups is 1. The number of halogens is 4. The second-order valence-electron chi connectivity index (χ2n) is 7.86. The van der Waals surface area contributed by atoms with Crippen molar-refractivity contribution < 1.29 is 32.2 Å². The monoisotopic (exact) mass is 481 g/mol. The number of aromatic carboxylic acids is 1. The molecule has 0 aliphatic carbocycles. The maximum Gasteiger partial charge on any atom is 0.429 e. The molecule has 4 rings (SSSR count). The summed E-state index contributed by atoms with van der Waals surface area (Å²) in [5.41, 5.74) is 2.37. The molecule has 0 aliphatic rings. The van der Waals surface area contributed by atoms with Crippen molar-refractivity contribution in [3.05, 3.63) is 108 Å². The van der Waals surface area contributed by atoms with Gasteiger partial charge < -0.3 is 9.84 Å². The number of nitrogens with zero attached hydrogens (tertiary/aromatic N) is 1. The van der Waals surface area contributed by atoms with Crippen molar-refractivity contribution in [2.45, 2.75) is 19.2 Å². The van der Waals surface area contributed by atoms with Crippen molar-refractivity contribution in [1.82, 2.24) is 4.98 Å². The Balaban J connectivity index is 1.60. The first-order chi connectivity index (χ1) is 16.6. The number of rotatable bonds is 6. The van der Waals surface area contributed by atoms with E-state index in [1.54, 1.807) is 31.2 Å². The minimum atomic E-state index is -4.69. The average Bonchev–Trinajstić information content (AvgIpc) is 2.82. The summed E-state index contributed by atoms with van der Waals surface area (Å²) in [5.74, 6) is -1.61. The molecule has 0 amide bonds. The Morgan fingerprint density at radius 3 is 2.17 bits per heavy atom. The van der Waals surface area contributed by atoms with Gasteiger partial charge >= 0.3 is 12.1 Å². The first kappa shape index (κ1) is 23.9. The van der Waals surface area contributed by atoms with Gasteiger partial charge in [0.2, 0.25) is 6.10 Å². The largest absolute Gasteiger partial charge is 0.477 e. The van der Waals surface area contributed by atoms with Crippen LogP contribution in [0.5, 0.6) is 5.75 Å². The lowest BCUT2D eigenvalue weighted by atomic mass is 9.97. The number of alkyl halides is 3. The summed E-state index contributed by atoms with van der Waals surface area (Å²) in [6.07, 6.45) is -5.55. The number of ether oxygens (including phenoxy) is 1. The number of benzene rings is 3. The van der Waals surface area contributed by atoms with E-state index in [4.69, 9.17) is 9.84 Å². The number of carboxylic acids is 1. The van der Waals surface area contributed by atoms with Gasteiger partial charge in [-0.25, -0.2) is 14.2 Å². The van der Waals surface area contributed by atoms with Gasteiger partial charge in [-0.2, -0.15) is 13.2 Å². The molecule has 35 heavy (non-hydrogen) atoms. The highest BCUT2D eigenvalue weighted by Crippen LogP contribution is 2.39. The van der Waals surface area contributed by atoms with Crippen LogP contribution in [-0.2, 0) is 0 Å². The number of hydrogen-bond acceptors (Lipinski definition) is 3.